The Bertz CT molecular complexity index is 890. The smallest absolute Gasteiger partial charge is 0.259 e. The van der Waals surface area contributed by atoms with E-state index in [4.69, 9.17) is 14.8 Å². The molecule has 0 amide bonds. The lowest BCUT2D eigenvalue weighted by atomic mass is 9.90. The standard InChI is InChI=1S/C17H21N5O2.ClH/c1-16(2,3)12-11-8-10(9-19-14(11)24-21-12)13-20-15(22-23-13)17(18)6-4-5-7-17;/h8-9H,4-7,18H2,1-3H3;1H. The predicted molar refractivity (Wildman–Crippen MR) is 95.4 cm³/mol. The second-order valence-corrected chi connectivity index (χ2v) is 7.64. The normalized spacial score (nSPS) is 17.0. The van der Waals surface area contributed by atoms with Crippen LogP contribution in [-0.4, -0.2) is 20.3 Å². The molecular formula is C17H22ClN5O2. The summed E-state index contributed by atoms with van der Waals surface area (Å²) in [4.78, 5) is 8.85. The van der Waals surface area contributed by atoms with Crippen molar-refractivity contribution in [3.05, 3.63) is 23.8 Å². The first-order valence-electron chi connectivity index (χ1n) is 8.26. The molecule has 0 aliphatic heterocycles. The van der Waals surface area contributed by atoms with Crippen LogP contribution in [0, 0.1) is 0 Å². The molecule has 0 aromatic carbocycles. The zero-order valence-corrected chi connectivity index (χ0v) is 15.4. The number of pyridine rings is 1. The molecule has 3 aromatic rings. The summed E-state index contributed by atoms with van der Waals surface area (Å²) in [6.45, 7) is 6.25. The van der Waals surface area contributed by atoms with Gasteiger partial charge in [0, 0.05) is 11.6 Å². The van der Waals surface area contributed by atoms with Gasteiger partial charge in [0.25, 0.3) is 11.6 Å². The fraction of sp³-hybridized carbons (Fsp3) is 0.529. The van der Waals surface area contributed by atoms with Gasteiger partial charge < -0.3 is 14.8 Å². The minimum absolute atomic E-state index is 0. The van der Waals surface area contributed by atoms with E-state index in [1.54, 1.807) is 6.20 Å². The third kappa shape index (κ3) is 3.02. The first-order valence-corrected chi connectivity index (χ1v) is 8.26. The Morgan fingerprint density at radius 1 is 1.12 bits per heavy atom. The molecule has 1 saturated carbocycles. The number of fused-ring (bicyclic) bond motifs is 1. The van der Waals surface area contributed by atoms with Crippen molar-refractivity contribution < 1.29 is 9.05 Å². The Labute approximate surface area is 151 Å². The highest BCUT2D eigenvalue weighted by Gasteiger charge is 2.36. The first-order chi connectivity index (χ1) is 11.4. The lowest BCUT2D eigenvalue weighted by Crippen LogP contribution is -2.34. The van der Waals surface area contributed by atoms with Crippen LogP contribution in [0.1, 0.15) is 58.0 Å². The number of nitrogens with zero attached hydrogens (tertiary/aromatic N) is 4. The highest BCUT2D eigenvalue weighted by molar-refractivity contribution is 5.85. The lowest BCUT2D eigenvalue weighted by Gasteiger charge is -2.17. The van der Waals surface area contributed by atoms with E-state index >= 15 is 0 Å². The van der Waals surface area contributed by atoms with E-state index in [0.29, 0.717) is 17.4 Å². The van der Waals surface area contributed by atoms with Gasteiger partial charge in [0.05, 0.1) is 22.2 Å². The zero-order valence-electron chi connectivity index (χ0n) is 14.6. The third-order valence-corrected chi connectivity index (χ3v) is 4.65. The molecule has 0 spiro atoms. The van der Waals surface area contributed by atoms with Crippen LogP contribution in [0.3, 0.4) is 0 Å². The van der Waals surface area contributed by atoms with Crippen LogP contribution in [0.15, 0.2) is 21.3 Å². The molecule has 0 radical (unpaired) electrons. The molecule has 0 atom stereocenters. The molecule has 1 aliphatic carbocycles. The molecule has 2 N–H and O–H groups in total. The van der Waals surface area contributed by atoms with Crippen LogP contribution in [0.2, 0.25) is 0 Å². The van der Waals surface area contributed by atoms with Gasteiger partial charge in [-0.15, -0.1) is 12.4 Å². The van der Waals surface area contributed by atoms with Crippen LogP contribution in [0.4, 0.5) is 0 Å². The molecule has 7 nitrogen and oxygen atoms in total. The van der Waals surface area contributed by atoms with Gasteiger partial charge in [-0.05, 0) is 18.9 Å². The summed E-state index contributed by atoms with van der Waals surface area (Å²) in [7, 11) is 0. The maximum Gasteiger partial charge on any atom is 0.259 e. The van der Waals surface area contributed by atoms with Crippen LogP contribution in [-0.2, 0) is 11.0 Å². The van der Waals surface area contributed by atoms with Crippen molar-refractivity contribution in [2.24, 2.45) is 5.73 Å². The minimum Gasteiger partial charge on any atom is -0.336 e. The van der Waals surface area contributed by atoms with Gasteiger partial charge >= 0.3 is 0 Å². The fourth-order valence-corrected chi connectivity index (χ4v) is 3.26. The Morgan fingerprint density at radius 2 is 1.84 bits per heavy atom. The van der Waals surface area contributed by atoms with Crippen molar-refractivity contribution >= 4 is 23.5 Å². The summed E-state index contributed by atoms with van der Waals surface area (Å²) in [5, 5.41) is 9.13. The Kier molecular flexibility index (Phi) is 4.33. The number of hydrogen-bond acceptors (Lipinski definition) is 7. The van der Waals surface area contributed by atoms with Crippen molar-refractivity contribution in [1.82, 2.24) is 20.3 Å². The molecule has 3 heterocycles. The largest absolute Gasteiger partial charge is 0.336 e. The quantitative estimate of drug-likeness (QED) is 0.739. The van der Waals surface area contributed by atoms with E-state index in [9.17, 15) is 0 Å². The van der Waals surface area contributed by atoms with Gasteiger partial charge in [0.2, 0.25) is 0 Å². The summed E-state index contributed by atoms with van der Waals surface area (Å²) in [6, 6.07) is 1.94. The summed E-state index contributed by atoms with van der Waals surface area (Å²) in [5.41, 5.74) is 7.91. The summed E-state index contributed by atoms with van der Waals surface area (Å²) >= 11 is 0. The van der Waals surface area contributed by atoms with Crippen molar-refractivity contribution in [3.8, 4) is 11.5 Å². The van der Waals surface area contributed by atoms with E-state index in [-0.39, 0.29) is 17.8 Å². The Morgan fingerprint density at radius 3 is 2.52 bits per heavy atom. The molecule has 0 unspecified atom stereocenters. The first kappa shape index (κ1) is 17.8. The minimum atomic E-state index is -0.465. The average molecular weight is 364 g/mol. The van der Waals surface area contributed by atoms with Gasteiger partial charge in [-0.3, -0.25) is 0 Å². The van der Waals surface area contributed by atoms with Gasteiger partial charge in [-0.2, -0.15) is 4.98 Å². The zero-order chi connectivity index (χ0) is 16.9. The van der Waals surface area contributed by atoms with Gasteiger partial charge in [0.15, 0.2) is 5.82 Å². The maximum absolute atomic E-state index is 6.40. The van der Waals surface area contributed by atoms with Crippen molar-refractivity contribution in [1.29, 1.82) is 0 Å². The van der Waals surface area contributed by atoms with E-state index in [1.807, 2.05) is 6.07 Å². The Balaban J connectivity index is 0.00000182. The second kappa shape index (κ2) is 6.07. The van der Waals surface area contributed by atoms with Crippen LogP contribution >= 0.6 is 12.4 Å². The molecule has 1 aliphatic rings. The number of nitrogens with two attached hydrogens (primary N) is 1. The highest BCUT2D eigenvalue weighted by atomic mass is 35.5. The molecule has 1 fully saturated rings. The molecule has 3 aromatic heterocycles. The maximum atomic E-state index is 6.40. The molecule has 0 saturated heterocycles. The van der Waals surface area contributed by atoms with Crippen molar-refractivity contribution in [2.75, 3.05) is 0 Å². The fourth-order valence-electron chi connectivity index (χ4n) is 3.26. The van der Waals surface area contributed by atoms with Gasteiger partial charge in [-0.25, -0.2) is 4.98 Å². The third-order valence-electron chi connectivity index (χ3n) is 4.65. The number of hydrogen-bond donors (Lipinski definition) is 1. The molecule has 8 heteroatoms. The highest BCUT2D eigenvalue weighted by Crippen LogP contribution is 2.36. The number of rotatable bonds is 2. The summed E-state index contributed by atoms with van der Waals surface area (Å²) in [6.07, 6.45) is 5.65. The van der Waals surface area contributed by atoms with Gasteiger partial charge in [-0.1, -0.05) is 43.9 Å². The number of halogens is 1. The molecule has 0 bridgehead atoms. The lowest BCUT2D eigenvalue weighted by molar-refractivity contribution is 0.372. The monoisotopic (exact) mass is 363 g/mol. The average Bonchev–Trinajstić information content (AvgIpc) is 3.24. The predicted octanol–water partition coefficient (Wildman–Crippen LogP) is 3.72. The topological polar surface area (TPSA) is 104 Å². The van der Waals surface area contributed by atoms with Crippen LogP contribution in [0.25, 0.3) is 22.6 Å². The van der Waals surface area contributed by atoms with Crippen LogP contribution < -0.4 is 5.73 Å². The van der Waals surface area contributed by atoms with Crippen molar-refractivity contribution in [2.45, 2.75) is 57.4 Å². The summed E-state index contributed by atoms with van der Waals surface area (Å²) in [5.74, 6) is 1.01. The van der Waals surface area contributed by atoms with E-state index in [0.717, 1.165) is 42.3 Å². The molecular weight excluding hydrogens is 342 g/mol. The van der Waals surface area contributed by atoms with E-state index in [1.165, 1.54) is 0 Å². The molecule has 4 rings (SSSR count). The molecule has 25 heavy (non-hydrogen) atoms. The van der Waals surface area contributed by atoms with Crippen LogP contribution in [0.5, 0.6) is 0 Å². The SMILES string of the molecule is CC(C)(C)c1noc2ncc(-c3nc(C4(N)CCCC4)no3)cc12.Cl. The number of aromatic nitrogens is 4. The van der Waals surface area contributed by atoms with Gasteiger partial charge in [0.1, 0.15) is 0 Å². The second-order valence-electron chi connectivity index (χ2n) is 7.64. The van der Waals surface area contributed by atoms with E-state index < -0.39 is 5.54 Å². The Hall–Kier alpha value is -1.99. The summed E-state index contributed by atoms with van der Waals surface area (Å²) < 4.78 is 10.8. The van der Waals surface area contributed by atoms with Crippen molar-refractivity contribution in [3.63, 3.8) is 0 Å². The molecule has 134 valence electrons. The van der Waals surface area contributed by atoms with E-state index in [2.05, 4.69) is 41.1 Å².